The molecule has 0 radical (unpaired) electrons. The van der Waals surface area contributed by atoms with Crippen molar-refractivity contribution in [3.05, 3.63) is 0 Å². The van der Waals surface area contributed by atoms with Crippen LogP contribution < -0.4 is 21.3 Å². The third-order valence-electron chi connectivity index (χ3n) is 4.67. The lowest BCUT2D eigenvalue weighted by Gasteiger charge is -2.19. The third kappa shape index (κ3) is 19.7. The number of carbonyl (C=O) groups is 10. The summed E-state index contributed by atoms with van der Waals surface area (Å²) >= 11 is 0. The zero-order valence-electron chi connectivity index (χ0n) is 22.3. The molecule has 0 spiro atoms. The first-order valence-electron chi connectivity index (χ1n) is 11.7. The molecule has 4 atom stereocenters. The maximum absolute atomic E-state index is 11.8. The number of carbonyl (C=O) groups excluding carboxylic acids is 4. The van der Waals surface area contributed by atoms with E-state index in [1.165, 1.54) is 0 Å². The quantitative estimate of drug-likeness (QED) is 0.0732. The first-order chi connectivity index (χ1) is 19.3. The van der Waals surface area contributed by atoms with Crippen LogP contribution in [0.3, 0.4) is 0 Å². The van der Waals surface area contributed by atoms with Gasteiger partial charge in [-0.15, -0.1) is 0 Å². The highest BCUT2D eigenvalue weighted by Gasteiger charge is 2.29. The first-order valence-corrected chi connectivity index (χ1v) is 11.7. The molecule has 42 heavy (non-hydrogen) atoms. The summed E-state index contributed by atoms with van der Waals surface area (Å²) in [6.45, 7) is 2.14. The van der Waals surface area contributed by atoms with Gasteiger partial charge in [-0.3, -0.25) is 38.4 Å². The number of nitrogens with one attached hydrogen (secondary N) is 4. The Morgan fingerprint density at radius 2 is 0.738 bits per heavy atom. The topological polar surface area (TPSA) is 340 Å². The van der Waals surface area contributed by atoms with E-state index in [4.69, 9.17) is 30.6 Å². The summed E-state index contributed by atoms with van der Waals surface area (Å²) in [6, 6.07) is -5.85. The van der Waals surface area contributed by atoms with Crippen LogP contribution in [0.2, 0.25) is 0 Å². The van der Waals surface area contributed by atoms with Gasteiger partial charge in [0.25, 0.3) is 0 Å². The van der Waals surface area contributed by atoms with Crippen molar-refractivity contribution in [3.8, 4) is 0 Å². The third-order valence-corrected chi connectivity index (χ3v) is 4.67. The van der Waals surface area contributed by atoms with Gasteiger partial charge in [0.2, 0.25) is 23.6 Å². The molecule has 20 heteroatoms. The lowest BCUT2D eigenvalue weighted by Crippen LogP contribution is -2.52. The molecule has 0 aromatic heterocycles. The van der Waals surface area contributed by atoms with Gasteiger partial charge in [-0.25, -0.2) is 9.59 Å². The predicted octanol–water partition coefficient (Wildman–Crippen LogP) is -3.20. The molecule has 0 aliphatic rings. The SMILES string of the molecule is CC(=O)N[C@@H](CC(=O)O)C(=O)N[C@@H](CCC(=O)O)C(=O)O.CC(=O)N[C@@H](CC(=O)O)C(=O)N[C@@H](CCC(=O)O)C(=O)O. The highest BCUT2D eigenvalue weighted by Crippen LogP contribution is 2.02. The second-order valence-corrected chi connectivity index (χ2v) is 8.37. The van der Waals surface area contributed by atoms with Crippen molar-refractivity contribution in [2.45, 2.75) is 76.5 Å². The highest BCUT2D eigenvalue weighted by atomic mass is 16.4. The molecule has 0 saturated carbocycles. The van der Waals surface area contributed by atoms with Gasteiger partial charge in [0.15, 0.2) is 0 Å². The van der Waals surface area contributed by atoms with Crippen LogP contribution in [0, 0.1) is 0 Å². The first kappa shape index (κ1) is 38.8. The average Bonchev–Trinajstić information content (AvgIpc) is 2.81. The van der Waals surface area contributed by atoms with Crippen molar-refractivity contribution in [1.82, 2.24) is 21.3 Å². The van der Waals surface area contributed by atoms with Gasteiger partial charge in [-0.1, -0.05) is 0 Å². The van der Waals surface area contributed by atoms with E-state index in [2.05, 4.69) is 10.6 Å². The van der Waals surface area contributed by atoms with Crippen molar-refractivity contribution in [2.75, 3.05) is 0 Å². The van der Waals surface area contributed by atoms with E-state index in [-0.39, 0.29) is 12.8 Å². The lowest BCUT2D eigenvalue weighted by atomic mass is 10.1. The summed E-state index contributed by atoms with van der Waals surface area (Å²) < 4.78 is 0. The monoisotopic (exact) mass is 608 g/mol. The molecular formula is C22H32N4O16. The van der Waals surface area contributed by atoms with E-state index in [0.29, 0.717) is 0 Å². The Bertz CT molecular complexity index is 945. The summed E-state index contributed by atoms with van der Waals surface area (Å²) in [5.41, 5.74) is 0. The Labute approximate surface area is 236 Å². The van der Waals surface area contributed by atoms with Crippen LogP contribution in [0.4, 0.5) is 0 Å². The van der Waals surface area contributed by atoms with Crippen LogP contribution in [-0.4, -0.2) is 114 Å². The summed E-state index contributed by atoms with van der Waals surface area (Å²) in [5.74, 6) is -11.4. The number of hydrogen-bond acceptors (Lipinski definition) is 10. The van der Waals surface area contributed by atoms with Gasteiger partial charge in [0.1, 0.15) is 24.2 Å². The molecule has 0 aliphatic heterocycles. The zero-order chi connectivity index (χ0) is 33.2. The number of carboxylic acid groups (broad SMARTS) is 6. The Kier molecular flexibility index (Phi) is 18.2. The summed E-state index contributed by atoms with van der Waals surface area (Å²) in [4.78, 5) is 109. The van der Waals surface area contributed by atoms with Crippen LogP contribution in [0.1, 0.15) is 52.4 Å². The van der Waals surface area contributed by atoms with Gasteiger partial charge in [-0.2, -0.15) is 0 Å². The van der Waals surface area contributed by atoms with E-state index in [1.807, 2.05) is 10.6 Å². The smallest absolute Gasteiger partial charge is 0.326 e. The minimum absolute atomic E-state index is 0.365. The fourth-order valence-electron chi connectivity index (χ4n) is 2.85. The Hall–Kier alpha value is -5.30. The number of amides is 4. The molecular weight excluding hydrogens is 576 g/mol. The zero-order valence-corrected chi connectivity index (χ0v) is 22.3. The second-order valence-electron chi connectivity index (χ2n) is 8.37. The minimum Gasteiger partial charge on any atom is -0.481 e. The van der Waals surface area contributed by atoms with Crippen molar-refractivity contribution in [1.29, 1.82) is 0 Å². The van der Waals surface area contributed by atoms with Crippen molar-refractivity contribution in [3.63, 3.8) is 0 Å². The van der Waals surface area contributed by atoms with Crippen LogP contribution in [-0.2, 0) is 47.9 Å². The van der Waals surface area contributed by atoms with E-state index >= 15 is 0 Å². The Morgan fingerprint density at radius 3 is 0.929 bits per heavy atom. The van der Waals surface area contributed by atoms with Gasteiger partial charge in [-0.05, 0) is 12.8 Å². The molecule has 0 aromatic rings. The predicted molar refractivity (Wildman–Crippen MR) is 133 cm³/mol. The maximum Gasteiger partial charge on any atom is 0.326 e. The molecule has 0 bridgehead atoms. The maximum atomic E-state index is 11.8. The van der Waals surface area contributed by atoms with E-state index in [9.17, 15) is 47.9 Å². The van der Waals surface area contributed by atoms with Crippen LogP contribution >= 0.6 is 0 Å². The number of aliphatic carboxylic acids is 6. The van der Waals surface area contributed by atoms with Gasteiger partial charge in [0.05, 0.1) is 12.8 Å². The number of carboxylic acids is 6. The molecule has 4 amide bonds. The molecule has 0 rings (SSSR count). The molecule has 20 nitrogen and oxygen atoms in total. The summed E-state index contributed by atoms with van der Waals surface area (Å²) in [6.07, 6.45) is -3.15. The molecule has 0 aromatic carbocycles. The van der Waals surface area contributed by atoms with Gasteiger partial charge >= 0.3 is 35.8 Å². The average molecular weight is 609 g/mol. The van der Waals surface area contributed by atoms with Crippen molar-refractivity contribution < 1.29 is 78.6 Å². The molecule has 0 aliphatic carbocycles. The van der Waals surface area contributed by atoms with Crippen LogP contribution in [0.15, 0.2) is 0 Å². The largest absolute Gasteiger partial charge is 0.481 e. The second kappa shape index (κ2) is 19.7. The normalized spacial score (nSPS) is 12.8. The lowest BCUT2D eigenvalue weighted by molar-refractivity contribution is -0.145. The van der Waals surface area contributed by atoms with E-state index in [1.54, 1.807) is 0 Å². The van der Waals surface area contributed by atoms with Crippen LogP contribution in [0.25, 0.3) is 0 Å². The van der Waals surface area contributed by atoms with E-state index in [0.717, 1.165) is 13.8 Å². The van der Waals surface area contributed by atoms with Gasteiger partial charge < -0.3 is 51.9 Å². The number of hydrogen-bond donors (Lipinski definition) is 10. The minimum atomic E-state index is -1.49. The van der Waals surface area contributed by atoms with Gasteiger partial charge in [0, 0.05) is 26.7 Å². The molecule has 10 N–H and O–H groups in total. The highest BCUT2D eigenvalue weighted by molar-refractivity contribution is 5.93. The van der Waals surface area contributed by atoms with Crippen molar-refractivity contribution in [2.24, 2.45) is 0 Å². The molecule has 0 saturated heterocycles. The van der Waals surface area contributed by atoms with Crippen molar-refractivity contribution >= 4 is 59.4 Å². The molecule has 0 unspecified atom stereocenters. The summed E-state index contributed by atoms with van der Waals surface area (Å²) in [5, 5.41) is 60.2. The fraction of sp³-hybridized carbons (Fsp3) is 0.545. The molecule has 236 valence electrons. The van der Waals surface area contributed by atoms with E-state index < -0.39 is 109 Å². The number of rotatable bonds is 18. The molecule has 0 fully saturated rings. The Balaban J connectivity index is 0. The Morgan fingerprint density at radius 1 is 0.452 bits per heavy atom. The van der Waals surface area contributed by atoms with Crippen LogP contribution in [0.5, 0.6) is 0 Å². The summed E-state index contributed by atoms with van der Waals surface area (Å²) in [7, 11) is 0. The standard InChI is InChI=1S/2C11H16N2O8/c2*1-5(14)12-7(4-9(17)18)10(19)13-6(11(20)21)2-3-8(15)16/h2*6-7H,2-4H2,1H3,(H,12,14)(H,13,19)(H,15,16)(H,17,18)(H,20,21)/t2*6-,7-/m00/s1. The molecule has 0 heterocycles. The fourth-order valence-corrected chi connectivity index (χ4v) is 2.85.